The van der Waals surface area contributed by atoms with E-state index in [0.717, 1.165) is 11.3 Å². The van der Waals surface area contributed by atoms with Crippen molar-refractivity contribution in [1.82, 2.24) is 5.32 Å². The summed E-state index contributed by atoms with van der Waals surface area (Å²) in [4.78, 5) is 16.0. The number of allylic oxidation sites excluding steroid dienone is 5. The molecule has 0 fully saturated rings. The van der Waals surface area contributed by atoms with Crippen molar-refractivity contribution in [3.8, 4) is 0 Å². The minimum atomic E-state index is -0.356. The monoisotopic (exact) mass is 247 g/mol. The molecule has 0 radical (unpaired) electrons. The Morgan fingerprint density at radius 1 is 1.53 bits per heavy atom. The van der Waals surface area contributed by atoms with Gasteiger partial charge in [0.15, 0.2) is 5.11 Å². The molecule has 2 rings (SSSR count). The molecular weight excluding hydrogens is 234 g/mol. The highest BCUT2D eigenvalue weighted by molar-refractivity contribution is 7.80. The van der Waals surface area contributed by atoms with Gasteiger partial charge in [0.05, 0.1) is 5.71 Å². The zero-order valence-corrected chi connectivity index (χ0v) is 10.5. The fourth-order valence-electron chi connectivity index (χ4n) is 1.99. The molecule has 0 aromatic heterocycles. The summed E-state index contributed by atoms with van der Waals surface area (Å²) < 4.78 is 0. The fourth-order valence-corrected chi connectivity index (χ4v) is 2.08. The molecule has 17 heavy (non-hydrogen) atoms. The third-order valence-electron chi connectivity index (χ3n) is 2.63. The lowest BCUT2D eigenvalue weighted by Crippen LogP contribution is -2.35. The Kier molecular flexibility index (Phi) is 2.93. The van der Waals surface area contributed by atoms with E-state index in [2.05, 4.69) is 35.5 Å². The SMILES string of the molecule is CC1=CC(C)C2=NC(C(=O)NC(N)=S)=CC2=C1. The van der Waals surface area contributed by atoms with Gasteiger partial charge in [-0.2, -0.15) is 0 Å². The third kappa shape index (κ3) is 2.34. The van der Waals surface area contributed by atoms with Crippen LogP contribution in [0, 0.1) is 5.92 Å². The molecule has 0 aromatic carbocycles. The summed E-state index contributed by atoms with van der Waals surface area (Å²) in [5, 5.41) is 2.33. The van der Waals surface area contributed by atoms with Gasteiger partial charge >= 0.3 is 0 Å². The van der Waals surface area contributed by atoms with Crippen molar-refractivity contribution in [2.75, 3.05) is 0 Å². The molecule has 1 unspecified atom stereocenters. The topological polar surface area (TPSA) is 67.5 Å². The molecule has 0 bridgehead atoms. The van der Waals surface area contributed by atoms with Gasteiger partial charge in [0.1, 0.15) is 5.70 Å². The number of hydrogen-bond acceptors (Lipinski definition) is 3. The summed E-state index contributed by atoms with van der Waals surface area (Å²) in [5.74, 6) is -0.133. The number of fused-ring (bicyclic) bond motifs is 1. The first-order chi connectivity index (χ1) is 7.97. The Balaban J connectivity index is 2.26. The van der Waals surface area contributed by atoms with E-state index in [9.17, 15) is 4.79 Å². The normalized spacial score (nSPS) is 21.9. The Morgan fingerprint density at radius 3 is 2.88 bits per heavy atom. The average Bonchev–Trinajstić information content (AvgIpc) is 2.60. The van der Waals surface area contributed by atoms with E-state index in [0.29, 0.717) is 5.70 Å². The van der Waals surface area contributed by atoms with Crippen molar-refractivity contribution in [3.05, 3.63) is 35.1 Å². The summed E-state index contributed by atoms with van der Waals surface area (Å²) in [5.41, 5.74) is 8.70. The molecule has 1 heterocycles. The van der Waals surface area contributed by atoms with Gasteiger partial charge in [-0.05, 0) is 30.8 Å². The second-order valence-corrected chi connectivity index (χ2v) is 4.58. The molecular formula is C12H13N3OS. The van der Waals surface area contributed by atoms with E-state index in [4.69, 9.17) is 5.73 Å². The molecule has 5 heteroatoms. The van der Waals surface area contributed by atoms with Crippen LogP contribution < -0.4 is 11.1 Å². The van der Waals surface area contributed by atoms with Crippen LogP contribution >= 0.6 is 12.2 Å². The first-order valence-corrected chi connectivity index (χ1v) is 5.70. The maximum Gasteiger partial charge on any atom is 0.276 e. The van der Waals surface area contributed by atoms with Crippen LogP contribution in [0.4, 0.5) is 0 Å². The molecule has 0 spiro atoms. The van der Waals surface area contributed by atoms with Crippen LogP contribution in [0.3, 0.4) is 0 Å². The Bertz CT molecular complexity index is 526. The number of nitrogens with two attached hydrogens (primary N) is 1. The third-order valence-corrected chi connectivity index (χ3v) is 2.73. The lowest BCUT2D eigenvalue weighted by Gasteiger charge is -2.14. The smallest absolute Gasteiger partial charge is 0.276 e. The number of hydrogen-bond donors (Lipinski definition) is 2. The molecule has 88 valence electrons. The van der Waals surface area contributed by atoms with Crippen LogP contribution in [0.25, 0.3) is 0 Å². The average molecular weight is 247 g/mol. The standard InChI is InChI=1S/C12H13N3OS/c1-6-3-7(2)10-8(4-6)5-9(14-10)11(16)15-12(13)17/h3-5,7H,1-2H3,(H3,13,15,16,17). The van der Waals surface area contributed by atoms with Crippen molar-refractivity contribution < 1.29 is 4.79 Å². The van der Waals surface area contributed by atoms with Crippen molar-refractivity contribution >= 4 is 28.9 Å². The van der Waals surface area contributed by atoms with Crippen LogP contribution in [-0.2, 0) is 4.79 Å². The van der Waals surface area contributed by atoms with Crippen LogP contribution in [0.5, 0.6) is 0 Å². The predicted octanol–water partition coefficient (Wildman–Crippen LogP) is 1.21. The molecule has 1 aliphatic carbocycles. The van der Waals surface area contributed by atoms with Crippen LogP contribution in [0.15, 0.2) is 40.1 Å². The predicted molar refractivity (Wildman–Crippen MR) is 71.5 cm³/mol. The van der Waals surface area contributed by atoms with Gasteiger partial charge in [-0.25, -0.2) is 4.99 Å². The van der Waals surface area contributed by atoms with Crippen molar-refractivity contribution in [2.45, 2.75) is 13.8 Å². The molecule has 4 nitrogen and oxygen atoms in total. The maximum atomic E-state index is 11.7. The molecule has 0 saturated carbocycles. The van der Waals surface area contributed by atoms with E-state index >= 15 is 0 Å². The van der Waals surface area contributed by atoms with E-state index in [1.807, 2.05) is 13.0 Å². The van der Waals surface area contributed by atoms with Crippen molar-refractivity contribution in [2.24, 2.45) is 16.6 Å². The minimum Gasteiger partial charge on any atom is -0.376 e. The first-order valence-electron chi connectivity index (χ1n) is 5.29. The van der Waals surface area contributed by atoms with E-state index in [1.54, 1.807) is 6.08 Å². The number of nitrogens with zero attached hydrogens (tertiary/aromatic N) is 1. The number of carbonyl (C=O) groups is 1. The van der Waals surface area contributed by atoms with Crippen molar-refractivity contribution in [1.29, 1.82) is 0 Å². The van der Waals surface area contributed by atoms with Crippen LogP contribution in [0.1, 0.15) is 13.8 Å². The highest BCUT2D eigenvalue weighted by Crippen LogP contribution is 2.27. The zero-order chi connectivity index (χ0) is 12.6. The highest BCUT2D eigenvalue weighted by atomic mass is 32.1. The summed E-state index contributed by atoms with van der Waals surface area (Å²) in [6, 6.07) is 0. The van der Waals surface area contributed by atoms with Gasteiger partial charge in [0.25, 0.3) is 5.91 Å². The molecule has 2 aliphatic rings. The van der Waals surface area contributed by atoms with Crippen LogP contribution in [0.2, 0.25) is 0 Å². The summed E-state index contributed by atoms with van der Waals surface area (Å²) in [6.45, 7) is 4.08. The van der Waals surface area contributed by atoms with Crippen molar-refractivity contribution in [3.63, 3.8) is 0 Å². The van der Waals surface area contributed by atoms with Gasteiger partial charge in [0.2, 0.25) is 0 Å². The number of nitrogens with one attached hydrogen (secondary N) is 1. The van der Waals surface area contributed by atoms with E-state index < -0.39 is 0 Å². The van der Waals surface area contributed by atoms with Gasteiger partial charge < -0.3 is 5.73 Å². The molecule has 0 saturated heterocycles. The second-order valence-electron chi connectivity index (χ2n) is 4.14. The van der Waals surface area contributed by atoms with Crippen LogP contribution in [-0.4, -0.2) is 16.7 Å². The first kappa shape index (κ1) is 11.7. The number of carbonyl (C=O) groups excluding carboxylic acids is 1. The summed E-state index contributed by atoms with van der Waals surface area (Å²) in [6.07, 6.45) is 5.89. The number of amides is 1. The fraction of sp³-hybridized carbons (Fsp3) is 0.250. The number of rotatable bonds is 1. The number of aliphatic imine (C=N–C) groups is 1. The largest absolute Gasteiger partial charge is 0.376 e. The highest BCUT2D eigenvalue weighted by Gasteiger charge is 2.25. The molecule has 1 aliphatic heterocycles. The van der Waals surface area contributed by atoms with Gasteiger partial charge in [-0.3, -0.25) is 10.1 Å². The Labute approximate surface area is 105 Å². The lowest BCUT2D eigenvalue weighted by atomic mass is 9.91. The summed E-state index contributed by atoms with van der Waals surface area (Å²) in [7, 11) is 0. The Morgan fingerprint density at radius 2 is 2.24 bits per heavy atom. The van der Waals surface area contributed by atoms with Gasteiger partial charge in [-0.15, -0.1) is 0 Å². The molecule has 1 atom stereocenters. The quantitative estimate of drug-likeness (QED) is 0.684. The second kappa shape index (κ2) is 4.25. The molecule has 1 amide bonds. The van der Waals surface area contributed by atoms with Gasteiger partial charge in [-0.1, -0.05) is 24.6 Å². The molecule has 0 aromatic rings. The lowest BCUT2D eigenvalue weighted by molar-refractivity contribution is -0.116. The minimum absolute atomic E-state index is 0.0395. The van der Waals surface area contributed by atoms with E-state index in [1.165, 1.54) is 5.57 Å². The zero-order valence-electron chi connectivity index (χ0n) is 9.65. The number of thiocarbonyl (C=S) groups is 1. The Hall–Kier alpha value is -1.75. The van der Waals surface area contributed by atoms with E-state index in [-0.39, 0.29) is 16.9 Å². The van der Waals surface area contributed by atoms with Gasteiger partial charge in [0, 0.05) is 5.92 Å². The summed E-state index contributed by atoms with van der Waals surface area (Å²) >= 11 is 4.62. The maximum absolute atomic E-state index is 11.7. The molecule has 3 N–H and O–H groups in total.